The number of hydrogen-bond acceptors (Lipinski definition) is 7. The Balaban J connectivity index is 1.38. The molecule has 1 unspecified atom stereocenters. The van der Waals surface area contributed by atoms with Crippen LogP contribution in [0.25, 0.3) is 22.0 Å². The Morgan fingerprint density at radius 3 is 2.56 bits per heavy atom. The van der Waals surface area contributed by atoms with Gasteiger partial charge in [0.2, 0.25) is 5.95 Å². The van der Waals surface area contributed by atoms with Gasteiger partial charge in [-0.05, 0) is 88.2 Å². The molecule has 0 saturated heterocycles. The van der Waals surface area contributed by atoms with Crippen molar-refractivity contribution in [1.29, 1.82) is 0 Å². The fourth-order valence-electron chi connectivity index (χ4n) is 5.57. The van der Waals surface area contributed by atoms with Gasteiger partial charge in [-0.2, -0.15) is 0 Å². The Morgan fingerprint density at radius 1 is 1.10 bits per heavy atom. The van der Waals surface area contributed by atoms with Gasteiger partial charge in [-0.1, -0.05) is 36.7 Å². The summed E-state index contributed by atoms with van der Waals surface area (Å²) in [6.07, 6.45) is 3.73. The van der Waals surface area contributed by atoms with Crippen molar-refractivity contribution < 1.29 is 12.8 Å². The molecule has 3 atom stereocenters. The maximum Gasteiger partial charge on any atom is 0.223 e. The third-order valence-electron chi connectivity index (χ3n) is 7.90. The van der Waals surface area contributed by atoms with Gasteiger partial charge in [0, 0.05) is 28.9 Å². The predicted molar refractivity (Wildman–Crippen MR) is 163 cm³/mol. The largest absolute Gasteiger partial charge is 0.349 e. The van der Waals surface area contributed by atoms with Crippen molar-refractivity contribution in [2.24, 2.45) is 0 Å². The van der Waals surface area contributed by atoms with E-state index in [-0.39, 0.29) is 27.8 Å². The van der Waals surface area contributed by atoms with Gasteiger partial charge in [0.1, 0.15) is 6.17 Å². The second-order valence-corrected chi connectivity index (χ2v) is 13.3. The van der Waals surface area contributed by atoms with Crippen molar-refractivity contribution >= 4 is 38.3 Å². The minimum atomic E-state index is -3.65. The molecule has 0 bridgehead atoms. The summed E-state index contributed by atoms with van der Waals surface area (Å²) < 4.78 is 40.8. The molecule has 4 aromatic rings. The number of aryl methyl sites for hydroxylation is 2. The highest BCUT2D eigenvalue weighted by molar-refractivity contribution is 7.90. The third-order valence-corrected chi connectivity index (χ3v) is 10.0. The third kappa shape index (κ3) is 6.37. The number of sulfone groups is 1. The highest BCUT2D eigenvalue weighted by Crippen LogP contribution is 2.31. The van der Waals surface area contributed by atoms with Crippen LogP contribution in [0.3, 0.4) is 0 Å². The van der Waals surface area contributed by atoms with Gasteiger partial charge in [-0.15, -0.1) is 0 Å². The van der Waals surface area contributed by atoms with Crippen LogP contribution in [0.2, 0.25) is 5.02 Å². The van der Waals surface area contributed by atoms with E-state index in [1.165, 1.54) is 6.07 Å². The minimum Gasteiger partial charge on any atom is -0.349 e. The number of halogens is 2. The monoisotopic (exact) mass is 595 g/mol. The van der Waals surface area contributed by atoms with Crippen LogP contribution in [-0.4, -0.2) is 60.6 Å². The Bertz CT molecular complexity index is 1680. The lowest BCUT2D eigenvalue weighted by Crippen LogP contribution is -2.43. The molecule has 0 radical (unpaired) electrons. The number of nitrogens with zero attached hydrogens (tertiary/aromatic N) is 4. The van der Waals surface area contributed by atoms with Crippen LogP contribution in [0, 0.1) is 6.92 Å². The van der Waals surface area contributed by atoms with Gasteiger partial charge in [-0.3, -0.25) is 4.98 Å². The average Bonchev–Trinajstić information content (AvgIpc) is 2.93. The number of anilines is 1. The first-order chi connectivity index (χ1) is 19.6. The number of rotatable bonds is 8. The SMILES string of the molecule is CCc1cc(-c2ccc(CS(=O)(=O)c3ccccc3Cl)nc2C)cc2cnc(NC3CC[C@H](N(C)C)C[C@@H]3F)nc12. The Labute approximate surface area is 246 Å². The fraction of sp³-hybridized carbons (Fsp3) is 0.387. The first-order valence-electron chi connectivity index (χ1n) is 13.9. The van der Waals surface area contributed by atoms with E-state index < -0.39 is 16.0 Å². The van der Waals surface area contributed by atoms with E-state index in [1.807, 2.05) is 33.2 Å². The second-order valence-electron chi connectivity index (χ2n) is 10.9. The molecule has 41 heavy (non-hydrogen) atoms. The van der Waals surface area contributed by atoms with Crippen molar-refractivity contribution in [1.82, 2.24) is 19.9 Å². The van der Waals surface area contributed by atoms with Gasteiger partial charge in [-0.25, -0.2) is 22.8 Å². The number of fused-ring (bicyclic) bond motifs is 1. The molecule has 7 nitrogen and oxygen atoms in total. The standard InChI is InChI=1S/C31H35ClFN5O2S/c1-5-20-14-21(25-12-10-23(35-19(25)2)18-41(39,40)29-9-7-6-8-26(29)32)15-22-17-34-31(37-30(20)22)36-28-13-11-24(38(3)4)16-27(28)33/h6-10,12,14-15,17,24,27-28H,5,11,13,16,18H2,1-4H3,(H,34,36,37)/t24-,27-,28?/m0/s1. The molecule has 2 aromatic carbocycles. The van der Waals surface area contributed by atoms with Crippen molar-refractivity contribution in [2.45, 2.75) is 68.4 Å². The van der Waals surface area contributed by atoms with E-state index in [0.717, 1.165) is 52.5 Å². The molecule has 1 aliphatic rings. The second kappa shape index (κ2) is 12.0. The Kier molecular flexibility index (Phi) is 8.59. The summed E-state index contributed by atoms with van der Waals surface area (Å²) in [7, 11) is 0.348. The van der Waals surface area contributed by atoms with Crippen LogP contribution in [-0.2, 0) is 22.0 Å². The molecule has 5 rings (SSSR count). The zero-order valence-electron chi connectivity index (χ0n) is 23.7. The van der Waals surface area contributed by atoms with Crippen molar-refractivity contribution in [3.8, 4) is 11.1 Å². The lowest BCUT2D eigenvalue weighted by molar-refractivity contribution is 0.139. The van der Waals surface area contributed by atoms with Gasteiger partial charge >= 0.3 is 0 Å². The summed E-state index contributed by atoms with van der Waals surface area (Å²) in [6.45, 7) is 3.94. The van der Waals surface area contributed by atoms with E-state index >= 15 is 0 Å². The first-order valence-corrected chi connectivity index (χ1v) is 15.9. The summed E-state index contributed by atoms with van der Waals surface area (Å²) >= 11 is 6.14. The van der Waals surface area contributed by atoms with Crippen LogP contribution in [0.5, 0.6) is 0 Å². The van der Waals surface area contributed by atoms with Crippen LogP contribution in [0.15, 0.2) is 59.6 Å². The summed E-state index contributed by atoms with van der Waals surface area (Å²) in [5.74, 6) is 0.202. The Morgan fingerprint density at radius 2 is 1.88 bits per heavy atom. The Hall–Kier alpha value is -3.14. The molecule has 0 aliphatic heterocycles. The molecule has 0 amide bonds. The summed E-state index contributed by atoms with van der Waals surface area (Å²) in [5.41, 5.74) is 4.91. The van der Waals surface area contributed by atoms with E-state index in [2.05, 4.69) is 33.2 Å². The van der Waals surface area contributed by atoms with Crippen molar-refractivity contribution in [3.63, 3.8) is 0 Å². The molecule has 2 heterocycles. The lowest BCUT2D eigenvalue weighted by atomic mass is 9.89. The van der Waals surface area contributed by atoms with Crippen LogP contribution < -0.4 is 5.32 Å². The predicted octanol–water partition coefficient (Wildman–Crippen LogP) is 6.42. The molecule has 0 spiro atoms. The number of hydrogen-bond donors (Lipinski definition) is 1. The van der Waals surface area contributed by atoms with Crippen molar-refractivity contribution in [3.05, 3.63) is 76.7 Å². The quantitative estimate of drug-likeness (QED) is 0.251. The van der Waals surface area contributed by atoms with E-state index in [1.54, 1.807) is 30.5 Å². The molecule has 1 aliphatic carbocycles. The number of aromatic nitrogens is 3. The number of pyridine rings is 1. The van der Waals surface area contributed by atoms with Gasteiger partial charge in [0.05, 0.1) is 32.9 Å². The van der Waals surface area contributed by atoms with Gasteiger partial charge in [0.25, 0.3) is 0 Å². The van der Waals surface area contributed by atoms with Crippen LogP contribution >= 0.6 is 11.6 Å². The maximum absolute atomic E-state index is 14.9. The molecule has 1 fully saturated rings. The summed E-state index contributed by atoms with van der Waals surface area (Å²) in [5, 5.41) is 4.32. The van der Waals surface area contributed by atoms with Crippen LogP contribution in [0.4, 0.5) is 10.3 Å². The maximum atomic E-state index is 14.9. The lowest BCUT2D eigenvalue weighted by Gasteiger charge is -2.35. The molecule has 216 valence electrons. The number of benzene rings is 2. The van der Waals surface area contributed by atoms with Crippen molar-refractivity contribution in [2.75, 3.05) is 19.4 Å². The van der Waals surface area contributed by atoms with E-state index in [9.17, 15) is 12.8 Å². The molecule has 1 N–H and O–H groups in total. The number of nitrogens with one attached hydrogen (secondary N) is 1. The normalized spacial score (nSPS) is 19.5. The summed E-state index contributed by atoms with van der Waals surface area (Å²) in [6, 6.07) is 14.1. The topological polar surface area (TPSA) is 88.1 Å². The van der Waals surface area contributed by atoms with E-state index in [4.69, 9.17) is 16.6 Å². The highest BCUT2D eigenvalue weighted by atomic mass is 35.5. The van der Waals surface area contributed by atoms with Gasteiger partial charge in [0.15, 0.2) is 9.84 Å². The van der Waals surface area contributed by atoms with E-state index in [0.29, 0.717) is 18.1 Å². The zero-order valence-corrected chi connectivity index (χ0v) is 25.3. The minimum absolute atomic E-state index is 0.101. The van der Waals surface area contributed by atoms with Crippen LogP contribution in [0.1, 0.15) is 43.1 Å². The number of alkyl halides is 1. The molecular formula is C31H35ClFN5O2S. The highest BCUT2D eigenvalue weighted by Gasteiger charge is 2.32. The molecule has 2 aromatic heterocycles. The molecule has 1 saturated carbocycles. The first kappa shape index (κ1) is 29.4. The summed E-state index contributed by atoms with van der Waals surface area (Å²) in [4.78, 5) is 16.1. The molecule has 10 heteroatoms. The smallest absolute Gasteiger partial charge is 0.223 e. The average molecular weight is 596 g/mol. The van der Waals surface area contributed by atoms with Gasteiger partial charge < -0.3 is 10.2 Å². The molecular weight excluding hydrogens is 561 g/mol. The fourth-order valence-corrected chi connectivity index (χ4v) is 7.42. The zero-order chi connectivity index (χ0) is 29.3.